The average Bonchev–Trinajstić information content (AvgIpc) is 2.78. The van der Waals surface area contributed by atoms with Gasteiger partial charge in [-0.25, -0.2) is 4.98 Å². The first-order valence-corrected chi connectivity index (χ1v) is 10.8. The van der Waals surface area contributed by atoms with Crippen LogP contribution in [0.15, 0.2) is 47.3 Å². The van der Waals surface area contributed by atoms with Gasteiger partial charge in [-0.3, -0.25) is 14.2 Å². The molecule has 0 bridgehead atoms. The molecule has 1 heterocycles. The van der Waals surface area contributed by atoms with Crippen LogP contribution in [-0.2, 0) is 4.79 Å². The molecule has 0 N–H and O–H groups in total. The van der Waals surface area contributed by atoms with Crippen molar-refractivity contribution in [1.29, 1.82) is 0 Å². The summed E-state index contributed by atoms with van der Waals surface area (Å²) in [5, 5.41) is 0.527. The van der Waals surface area contributed by atoms with Gasteiger partial charge in [-0.15, -0.1) is 0 Å². The maximum atomic E-state index is 13.6. The highest BCUT2D eigenvalue weighted by molar-refractivity contribution is 5.79. The molecule has 0 spiro atoms. The number of ether oxygens (including phenoxy) is 1. The molecule has 0 aliphatic carbocycles. The lowest BCUT2D eigenvalue weighted by Crippen LogP contribution is -2.34. The zero-order valence-electron chi connectivity index (χ0n) is 19.0. The molecule has 0 fully saturated rings. The van der Waals surface area contributed by atoms with Gasteiger partial charge < -0.3 is 9.64 Å². The minimum Gasteiger partial charge on any atom is -0.495 e. The Kier molecular flexibility index (Phi) is 7.10. The minimum absolute atomic E-state index is 0.0473. The molecule has 3 aromatic rings. The third-order valence-corrected chi connectivity index (χ3v) is 5.72. The van der Waals surface area contributed by atoms with Crippen molar-refractivity contribution in [3.8, 4) is 11.4 Å². The number of aryl methyl sites for hydroxylation is 1. The maximum Gasteiger partial charge on any atom is 0.266 e. The topological polar surface area (TPSA) is 64.4 Å². The van der Waals surface area contributed by atoms with Crippen molar-refractivity contribution in [3.05, 3.63) is 64.2 Å². The van der Waals surface area contributed by atoms with E-state index in [4.69, 9.17) is 9.72 Å². The van der Waals surface area contributed by atoms with Crippen LogP contribution in [0.5, 0.6) is 5.75 Å². The van der Waals surface area contributed by atoms with Crippen LogP contribution in [0, 0.1) is 6.92 Å². The number of carbonyl (C=O) groups excluding carboxylic acids is 1. The van der Waals surface area contributed by atoms with Crippen molar-refractivity contribution < 1.29 is 9.53 Å². The fourth-order valence-electron chi connectivity index (χ4n) is 3.73. The van der Waals surface area contributed by atoms with E-state index >= 15 is 0 Å². The number of rotatable bonds is 8. The molecular formula is C25H31N3O3. The van der Waals surface area contributed by atoms with E-state index in [1.54, 1.807) is 29.7 Å². The Labute approximate surface area is 183 Å². The van der Waals surface area contributed by atoms with Gasteiger partial charge >= 0.3 is 0 Å². The first-order chi connectivity index (χ1) is 14.9. The Morgan fingerprint density at radius 2 is 1.94 bits per heavy atom. The highest BCUT2D eigenvalue weighted by Crippen LogP contribution is 2.28. The molecule has 0 saturated carbocycles. The number of nitrogens with zero attached hydrogens (tertiary/aromatic N) is 3. The zero-order chi connectivity index (χ0) is 22.5. The summed E-state index contributed by atoms with van der Waals surface area (Å²) in [4.78, 5) is 32.9. The van der Waals surface area contributed by atoms with Crippen molar-refractivity contribution in [2.45, 2.75) is 52.5 Å². The molecular weight excluding hydrogens is 390 g/mol. The van der Waals surface area contributed by atoms with Gasteiger partial charge in [0.05, 0.1) is 29.7 Å². The fraction of sp³-hybridized carbons (Fsp3) is 0.400. The fourth-order valence-corrected chi connectivity index (χ4v) is 3.73. The van der Waals surface area contributed by atoms with Crippen molar-refractivity contribution in [3.63, 3.8) is 0 Å². The smallest absolute Gasteiger partial charge is 0.266 e. The number of amides is 1. The zero-order valence-corrected chi connectivity index (χ0v) is 19.0. The summed E-state index contributed by atoms with van der Waals surface area (Å²) in [5.74, 6) is 1.14. The summed E-state index contributed by atoms with van der Waals surface area (Å²) in [7, 11) is 3.36. The van der Waals surface area contributed by atoms with Gasteiger partial charge in [-0.2, -0.15) is 0 Å². The molecule has 0 radical (unpaired) electrons. The Morgan fingerprint density at radius 1 is 1.19 bits per heavy atom. The van der Waals surface area contributed by atoms with Crippen LogP contribution in [0.25, 0.3) is 16.6 Å². The number of carbonyl (C=O) groups is 1. The van der Waals surface area contributed by atoms with Crippen LogP contribution in [0.3, 0.4) is 0 Å². The van der Waals surface area contributed by atoms with E-state index in [-0.39, 0.29) is 11.5 Å². The second-order valence-corrected chi connectivity index (χ2v) is 7.94. The third-order valence-electron chi connectivity index (χ3n) is 5.72. The number of aromatic nitrogens is 2. The lowest BCUT2D eigenvalue weighted by molar-refractivity contribution is -0.132. The van der Waals surface area contributed by atoms with Crippen LogP contribution in [0.4, 0.5) is 0 Å². The van der Waals surface area contributed by atoms with Gasteiger partial charge in [0, 0.05) is 13.5 Å². The predicted molar refractivity (Wildman–Crippen MR) is 124 cm³/mol. The molecule has 164 valence electrons. The summed E-state index contributed by atoms with van der Waals surface area (Å²) in [6.07, 6.45) is 3.43. The Balaban J connectivity index is 2.19. The van der Waals surface area contributed by atoms with Crippen molar-refractivity contribution >= 4 is 16.8 Å². The molecule has 0 aliphatic heterocycles. The minimum atomic E-state index is -0.392. The van der Waals surface area contributed by atoms with Crippen molar-refractivity contribution in [2.75, 3.05) is 14.2 Å². The van der Waals surface area contributed by atoms with Crippen LogP contribution in [0.2, 0.25) is 0 Å². The molecule has 1 unspecified atom stereocenters. The molecule has 6 nitrogen and oxygen atoms in total. The highest BCUT2D eigenvalue weighted by atomic mass is 16.5. The SMILES string of the molecule is CCCCCC(=O)N(C)C(C)c1nc2ccccc2c(=O)n1-c1cc(C)ccc1OC. The lowest BCUT2D eigenvalue weighted by Gasteiger charge is -2.27. The van der Waals surface area contributed by atoms with Crippen LogP contribution in [-0.4, -0.2) is 34.5 Å². The number of para-hydroxylation sites is 1. The first-order valence-electron chi connectivity index (χ1n) is 10.8. The Hall–Kier alpha value is -3.15. The Morgan fingerprint density at radius 3 is 2.65 bits per heavy atom. The molecule has 0 saturated heterocycles. The molecule has 2 aromatic carbocycles. The molecule has 0 aliphatic rings. The molecule has 3 rings (SSSR count). The Bertz CT molecular complexity index is 1140. The molecule has 1 aromatic heterocycles. The summed E-state index contributed by atoms with van der Waals surface area (Å²) in [5.41, 5.74) is 2.06. The lowest BCUT2D eigenvalue weighted by atomic mass is 10.1. The van der Waals surface area contributed by atoms with E-state index in [0.717, 1.165) is 24.8 Å². The summed E-state index contributed by atoms with van der Waals surface area (Å²) in [6.45, 7) is 5.99. The van der Waals surface area contributed by atoms with Gasteiger partial charge in [0.1, 0.15) is 11.6 Å². The van der Waals surface area contributed by atoms with Crippen LogP contribution >= 0.6 is 0 Å². The molecule has 31 heavy (non-hydrogen) atoms. The number of methoxy groups -OCH3 is 1. The highest BCUT2D eigenvalue weighted by Gasteiger charge is 2.25. The van der Waals surface area contributed by atoms with Crippen molar-refractivity contribution in [1.82, 2.24) is 14.5 Å². The largest absolute Gasteiger partial charge is 0.495 e. The van der Waals surface area contributed by atoms with Crippen LogP contribution < -0.4 is 10.3 Å². The van der Waals surface area contributed by atoms with E-state index in [1.807, 2.05) is 50.2 Å². The van der Waals surface area contributed by atoms with Gasteiger partial charge in [-0.1, -0.05) is 38.0 Å². The van der Waals surface area contributed by atoms with E-state index < -0.39 is 6.04 Å². The normalized spacial score (nSPS) is 12.0. The third kappa shape index (κ3) is 4.63. The molecule has 6 heteroatoms. The number of unbranched alkanes of at least 4 members (excludes halogenated alkanes) is 2. The average molecular weight is 422 g/mol. The number of fused-ring (bicyclic) bond motifs is 1. The number of benzene rings is 2. The summed E-state index contributed by atoms with van der Waals surface area (Å²) >= 11 is 0. The second-order valence-electron chi connectivity index (χ2n) is 7.94. The first kappa shape index (κ1) is 22.5. The van der Waals surface area contributed by atoms with Crippen molar-refractivity contribution in [2.24, 2.45) is 0 Å². The number of hydrogen-bond donors (Lipinski definition) is 0. The predicted octanol–water partition coefficient (Wildman–Crippen LogP) is 4.80. The number of hydrogen-bond acceptors (Lipinski definition) is 4. The van der Waals surface area contributed by atoms with Gasteiger partial charge in [0.15, 0.2) is 0 Å². The van der Waals surface area contributed by atoms with E-state index in [1.165, 1.54) is 0 Å². The van der Waals surface area contributed by atoms with E-state index in [0.29, 0.717) is 34.6 Å². The van der Waals surface area contributed by atoms with Crippen LogP contribution in [0.1, 0.15) is 57.0 Å². The summed E-state index contributed by atoms with van der Waals surface area (Å²) in [6, 6.07) is 12.6. The molecule has 1 atom stereocenters. The van der Waals surface area contributed by atoms with E-state index in [9.17, 15) is 9.59 Å². The quantitative estimate of drug-likeness (QED) is 0.490. The second kappa shape index (κ2) is 9.77. The van der Waals surface area contributed by atoms with Gasteiger partial charge in [-0.05, 0) is 50.1 Å². The van der Waals surface area contributed by atoms with E-state index in [2.05, 4.69) is 6.92 Å². The monoisotopic (exact) mass is 421 g/mol. The molecule has 1 amide bonds. The van der Waals surface area contributed by atoms with Gasteiger partial charge in [0.25, 0.3) is 5.56 Å². The standard InChI is InChI=1S/C25H31N3O3/c1-6-7-8-13-23(29)27(4)18(3)24-26-20-12-10-9-11-19(20)25(30)28(24)21-16-17(2)14-15-22(21)31-5/h9-12,14-16,18H,6-8,13H2,1-5H3. The maximum absolute atomic E-state index is 13.6. The summed E-state index contributed by atoms with van der Waals surface area (Å²) < 4.78 is 7.15. The van der Waals surface area contributed by atoms with Gasteiger partial charge in [0.2, 0.25) is 5.91 Å².